The summed E-state index contributed by atoms with van der Waals surface area (Å²) in [6.07, 6.45) is 0. The first-order valence-electron chi connectivity index (χ1n) is 9.89. The van der Waals surface area contributed by atoms with Gasteiger partial charge in [0.15, 0.2) is 23.0 Å². The second kappa shape index (κ2) is 7.80. The van der Waals surface area contributed by atoms with Gasteiger partial charge in [-0.05, 0) is 35.2 Å². The van der Waals surface area contributed by atoms with Gasteiger partial charge in [0.2, 0.25) is 12.5 Å². The minimum atomic E-state index is 0.205. The van der Waals surface area contributed by atoms with Crippen molar-refractivity contribution in [3.8, 4) is 34.5 Å². The second-order valence-corrected chi connectivity index (χ2v) is 7.15. The highest BCUT2D eigenvalue weighted by molar-refractivity contribution is 6.09. The summed E-state index contributed by atoms with van der Waals surface area (Å²) in [6, 6.07) is 17.9. The predicted octanol–water partition coefficient (Wildman–Crippen LogP) is 5.33. The van der Waals surface area contributed by atoms with E-state index in [0.29, 0.717) is 41.1 Å². The molecule has 0 aromatic heterocycles. The van der Waals surface area contributed by atoms with Crippen LogP contribution < -0.4 is 28.4 Å². The third-order valence-corrected chi connectivity index (χ3v) is 5.43. The van der Waals surface area contributed by atoms with Crippen molar-refractivity contribution in [2.24, 2.45) is 0 Å². The highest BCUT2D eigenvalue weighted by Gasteiger charge is 2.23. The van der Waals surface area contributed by atoms with Crippen LogP contribution in [0.4, 0.5) is 0 Å². The van der Waals surface area contributed by atoms with Gasteiger partial charge in [0, 0.05) is 16.2 Å². The molecule has 31 heavy (non-hydrogen) atoms. The molecule has 0 N–H and O–H groups in total. The molecule has 1 heterocycles. The fraction of sp³-hybridized carbons (Fsp3) is 0.200. The third kappa shape index (κ3) is 3.20. The summed E-state index contributed by atoms with van der Waals surface area (Å²) in [7, 11) is 4.82. The number of ether oxygens (including phenoxy) is 6. The zero-order valence-electron chi connectivity index (χ0n) is 17.6. The molecule has 6 nitrogen and oxygen atoms in total. The second-order valence-electron chi connectivity index (χ2n) is 7.15. The quantitative estimate of drug-likeness (QED) is 0.395. The molecule has 6 heteroatoms. The van der Waals surface area contributed by atoms with Crippen molar-refractivity contribution >= 4 is 21.5 Å². The van der Waals surface area contributed by atoms with Gasteiger partial charge >= 0.3 is 0 Å². The van der Waals surface area contributed by atoms with Crippen molar-refractivity contribution in [2.45, 2.75) is 6.61 Å². The lowest BCUT2D eigenvalue weighted by Gasteiger charge is -2.19. The number of fused-ring (bicyclic) bond motifs is 3. The minimum Gasteiger partial charge on any atom is -0.493 e. The smallest absolute Gasteiger partial charge is 0.231 e. The SMILES string of the molecule is COc1cc2c(OCc3ccccc3)c3cc4c(cc3cc2c(OC)c1OC)OCO4. The molecule has 1 aliphatic heterocycles. The zero-order valence-corrected chi connectivity index (χ0v) is 17.6. The molecule has 0 radical (unpaired) electrons. The maximum Gasteiger partial charge on any atom is 0.231 e. The third-order valence-electron chi connectivity index (χ3n) is 5.43. The Balaban J connectivity index is 1.79. The van der Waals surface area contributed by atoms with E-state index < -0.39 is 0 Å². The van der Waals surface area contributed by atoms with Gasteiger partial charge in [0.25, 0.3) is 0 Å². The molecule has 1 aliphatic rings. The van der Waals surface area contributed by atoms with E-state index in [4.69, 9.17) is 28.4 Å². The van der Waals surface area contributed by atoms with Crippen LogP contribution >= 0.6 is 0 Å². The fourth-order valence-electron chi connectivity index (χ4n) is 3.97. The average molecular weight is 418 g/mol. The molecular weight excluding hydrogens is 396 g/mol. The van der Waals surface area contributed by atoms with Crippen LogP contribution in [0.5, 0.6) is 34.5 Å². The van der Waals surface area contributed by atoms with Crippen molar-refractivity contribution in [2.75, 3.05) is 28.1 Å². The van der Waals surface area contributed by atoms with Gasteiger partial charge < -0.3 is 28.4 Å². The summed E-state index contributed by atoms with van der Waals surface area (Å²) in [5, 5.41) is 3.58. The van der Waals surface area contributed by atoms with E-state index in [1.54, 1.807) is 21.3 Å². The first kappa shape index (κ1) is 19.2. The van der Waals surface area contributed by atoms with Gasteiger partial charge in [-0.3, -0.25) is 0 Å². The molecule has 0 fully saturated rings. The van der Waals surface area contributed by atoms with Crippen LogP contribution in [0.1, 0.15) is 5.56 Å². The zero-order chi connectivity index (χ0) is 21.4. The molecule has 4 aromatic rings. The Morgan fingerprint density at radius 1 is 0.710 bits per heavy atom. The molecule has 0 unspecified atom stereocenters. The van der Waals surface area contributed by atoms with E-state index in [9.17, 15) is 0 Å². The minimum absolute atomic E-state index is 0.205. The van der Waals surface area contributed by atoms with Crippen LogP contribution in [0.3, 0.4) is 0 Å². The summed E-state index contributed by atoms with van der Waals surface area (Å²) >= 11 is 0. The van der Waals surface area contributed by atoms with Crippen LogP contribution in [0.15, 0.2) is 54.6 Å². The van der Waals surface area contributed by atoms with Gasteiger partial charge in [0.05, 0.1) is 21.3 Å². The molecule has 0 amide bonds. The Labute approximate surface area is 179 Å². The number of methoxy groups -OCH3 is 3. The summed E-state index contributed by atoms with van der Waals surface area (Å²) in [5.41, 5.74) is 1.07. The molecule has 0 saturated heterocycles. The Bertz CT molecular complexity index is 1270. The van der Waals surface area contributed by atoms with E-state index in [0.717, 1.165) is 27.1 Å². The Morgan fingerprint density at radius 3 is 2.13 bits per heavy atom. The molecule has 5 rings (SSSR count). The molecule has 0 spiro atoms. The highest BCUT2D eigenvalue weighted by Crippen LogP contribution is 2.50. The first-order chi connectivity index (χ1) is 15.2. The first-order valence-corrected chi connectivity index (χ1v) is 9.89. The van der Waals surface area contributed by atoms with E-state index in [-0.39, 0.29) is 6.79 Å². The number of rotatable bonds is 6. The van der Waals surface area contributed by atoms with Gasteiger partial charge in [-0.25, -0.2) is 0 Å². The predicted molar refractivity (Wildman–Crippen MR) is 118 cm³/mol. The van der Waals surface area contributed by atoms with E-state index >= 15 is 0 Å². The fourth-order valence-corrected chi connectivity index (χ4v) is 3.97. The molecule has 0 aliphatic carbocycles. The topological polar surface area (TPSA) is 55.4 Å². The van der Waals surface area contributed by atoms with Crippen molar-refractivity contribution in [1.82, 2.24) is 0 Å². The Morgan fingerprint density at radius 2 is 1.42 bits per heavy atom. The Kier molecular flexibility index (Phi) is 4.82. The summed E-state index contributed by atoms with van der Waals surface area (Å²) in [4.78, 5) is 0. The van der Waals surface area contributed by atoms with Gasteiger partial charge in [-0.1, -0.05) is 30.3 Å². The molecule has 0 atom stereocenters. The van der Waals surface area contributed by atoms with Crippen LogP contribution in [0.25, 0.3) is 21.5 Å². The normalized spacial score (nSPS) is 12.2. The van der Waals surface area contributed by atoms with Crippen molar-refractivity contribution in [3.05, 3.63) is 60.2 Å². The van der Waals surface area contributed by atoms with Gasteiger partial charge in [-0.15, -0.1) is 0 Å². The highest BCUT2D eigenvalue weighted by atomic mass is 16.7. The average Bonchev–Trinajstić information content (AvgIpc) is 3.27. The van der Waals surface area contributed by atoms with Crippen LogP contribution in [0, 0.1) is 0 Å². The van der Waals surface area contributed by atoms with Crippen LogP contribution in [0.2, 0.25) is 0 Å². The molecule has 4 aromatic carbocycles. The van der Waals surface area contributed by atoms with Crippen LogP contribution in [-0.2, 0) is 6.61 Å². The number of benzene rings is 4. The lowest BCUT2D eigenvalue weighted by Crippen LogP contribution is -2.00. The molecule has 0 saturated carbocycles. The number of hydrogen-bond acceptors (Lipinski definition) is 6. The summed E-state index contributed by atoms with van der Waals surface area (Å²) < 4.78 is 34.5. The maximum absolute atomic E-state index is 6.40. The number of hydrogen-bond donors (Lipinski definition) is 0. The van der Waals surface area contributed by atoms with E-state index in [1.807, 2.05) is 54.6 Å². The van der Waals surface area contributed by atoms with Gasteiger partial charge in [-0.2, -0.15) is 0 Å². The maximum atomic E-state index is 6.40. The van der Waals surface area contributed by atoms with Crippen molar-refractivity contribution in [1.29, 1.82) is 0 Å². The Hall–Kier alpha value is -3.80. The largest absolute Gasteiger partial charge is 0.493 e. The van der Waals surface area contributed by atoms with E-state index in [1.165, 1.54) is 0 Å². The molecule has 158 valence electrons. The van der Waals surface area contributed by atoms with Gasteiger partial charge in [0.1, 0.15) is 12.4 Å². The van der Waals surface area contributed by atoms with Crippen LogP contribution in [-0.4, -0.2) is 28.1 Å². The monoisotopic (exact) mass is 418 g/mol. The lowest BCUT2D eigenvalue weighted by atomic mass is 9.99. The molecule has 0 bridgehead atoms. The van der Waals surface area contributed by atoms with Crippen molar-refractivity contribution in [3.63, 3.8) is 0 Å². The van der Waals surface area contributed by atoms with E-state index in [2.05, 4.69) is 0 Å². The van der Waals surface area contributed by atoms with Crippen molar-refractivity contribution < 1.29 is 28.4 Å². The molecular formula is C25H22O6. The summed E-state index contributed by atoms with van der Waals surface area (Å²) in [5.74, 6) is 3.81. The summed E-state index contributed by atoms with van der Waals surface area (Å²) in [6.45, 7) is 0.622. The lowest BCUT2D eigenvalue weighted by molar-refractivity contribution is 0.174. The standard InChI is InChI=1S/C25H22O6/c1-26-22-12-19-18(24(27-2)25(22)28-3)9-16-10-20-21(31-14-30-20)11-17(16)23(19)29-13-15-7-5-4-6-8-15/h4-12H,13-14H2,1-3H3.